The Bertz CT molecular complexity index is 638. The zero-order valence-electron chi connectivity index (χ0n) is 12.0. The van der Waals surface area contributed by atoms with Gasteiger partial charge < -0.3 is 10.4 Å². The molecule has 0 saturated heterocycles. The molecule has 0 aliphatic carbocycles. The Morgan fingerprint density at radius 2 is 2.24 bits per heavy atom. The summed E-state index contributed by atoms with van der Waals surface area (Å²) in [5.74, 6) is -0.667. The summed E-state index contributed by atoms with van der Waals surface area (Å²) < 4.78 is 14.8. The first-order chi connectivity index (χ1) is 9.97. The molecule has 0 aliphatic rings. The molecule has 1 unspecified atom stereocenters. The maximum absolute atomic E-state index is 13.2. The predicted octanol–water partition coefficient (Wildman–Crippen LogP) is 1.82. The molecule has 0 aliphatic heterocycles. The topological polar surface area (TPSA) is 67.2 Å². The second kappa shape index (κ2) is 6.49. The molecule has 2 N–H and O–H groups in total. The number of benzene rings is 1. The molecule has 0 fully saturated rings. The van der Waals surface area contributed by atoms with Crippen molar-refractivity contribution in [2.45, 2.75) is 26.4 Å². The van der Waals surface area contributed by atoms with Gasteiger partial charge in [-0.1, -0.05) is 6.07 Å². The van der Waals surface area contributed by atoms with E-state index in [1.54, 1.807) is 32.0 Å². The first-order valence-corrected chi connectivity index (χ1v) is 6.76. The highest BCUT2D eigenvalue weighted by Gasteiger charge is 2.13. The minimum Gasteiger partial charge on any atom is -0.393 e. The van der Waals surface area contributed by atoms with E-state index >= 15 is 0 Å². The molecule has 0 spiro atoms. The van der Waals surface area contributed by atoms with Gasteiger partial charge in [0.05, 0.1) is 11.8 Å². The van der Waals surface area contributed by atoms with Crippen LogP contribution in [0.15, 0.2) is 30.3 Å². The van der Waals surface area contributed by atoms with Crippen LogP contribution in [0.5, 0.6) is 0 Å². The largest absolute Gasteiger partial charge is 0.393 e. The van der Waals surface area contributed by atoms with Gasteiger partial charge in [0.1, 0.15) is 5.82 Å². The van der Waals surface area contributed by atoms with E-state index in [0.717, 1.165) is 5.69 Å². The number of rotatable bonds is 5. The minimum atomic E-state index is -0.461. The van der Waals surface area contributed by atoms with Gasteiger partial charge in [-0.2, -0.15) is 5.10 Å². The summed E-state index contributed by atoms with van der Waals surface area (Å²) in [4.78, 5) is 11.9. The molecule has 2 aromatic rings. The number of carbonyl (C=O) groups is 1. The van der Waals surface area contributed by atoms with Gasteiger partial charge >= 0.3 is 0 Å². The summed E-state index contributed by atoms with van der Waals surface area (Å²) >= 11 is 0. The number of nitrogens with one attached hydrogen (secondary N) is 1. The lowest BCUT2D eigenvalue weighted by Gasteiger charge is -2.05. The van der Waals surface area contributed by atoms with Crippen LogP contribution >= 0.6 is 0 Å². The maximum Gasteiger partial charge on any atom is 0.271 e. The van der Waals surface area contributed by atoms with Crippen molar-refractivity contribution < 1.29 is 14.3 Å². The van der Waals surface area contributed by atoms with Crippen LogP contribution in [0, 0.1) is 12.7 Å². The normalized spacial score (nSPS) is 12.2. The Balaban J connectivity index is 2.13. The van der Waals surface area contributed by atoms with Crippen LogP contribution in [0.1, 0.15) is 29.5 Å². The number of aliphatic hydroxyl groups excluding tert-OH is 1. The summed E-state index contributed by atoms with van der Waals surface area (Å²) in [6.07, 6.45) is 0.0203. The van der Waals surface area contributed by atoms with E-state index in [1.165, 1.54) is 16.8 Å². The molecule has 0 saturated carbocycles. The molecule has 21 heavy (non-hydrogen) atoms. The Hall–Kier alpha value is -2.21. The molecule has 1 atom stereocenters. The Morgan fingerprint density at radius 1 is 1.48 bits per heavy atom. The van der Waals surface area contributed by atoms with E-state index in [1.807, 2.05) is 0 Å². The summed E-state index contributed by atoms with van der Waals surface area (Å²) in [5, 5.41) is 16.0. The number of hydrogen-bond donors (Lipinski definition) is 2. The zero-order valence-corrected chi connectivity index (χ0v) is 12.0. The fourth-order valence-electron chi connectivity index (χ4n) is 1.94. The number of carbonyl (C=O) groups excluding carboxylic acids is 1. The van der Waals surface area contributed by atoms with E-state index < -0.39 is 6.10 Å². The van der Waals surface area contributed by atoms with E-state index in [2.05, 4.69) is 10.4 Å². The average Bonchev–Trinajstić information content (AvgIpc) is 2.80. The van der Waals surface area contributed by atoms with Gasteiger partial charge in [0.25, 0.3) is 5.91 Å². The van der Waals surface area contributed by atoms with E-state index in [-0.39, 0.29) is 17.4 Å². The van der Waals surface area contributed by atoms with Crippen molar-refractivity contribution >= 4 is 5.91 Å². The highest BCUT2D eigenvalue weighted by atomic mass is 19.1. The molecule has 0 bridgehead atoms. The van der Waals surface area contributed by atoms with Crippen LogP contribution in [0.25, 0.3) is 5.69 Å². The van der Waals surface area contributed by atoms with Crippen LogP contribution < -0.4 is 5.32 Å². The van der Waals surface area contributed by atoms with Crippen molar-refractivity contribution in [3.05, 3.63) is 47.5 Å². The molecule has 112 valence electrons. The third kappa shape index (κ3) is 3.88. The van der Waals surface area contributed by atoms with Crippen LogP contribution in [-0.2, 0) is 0 Å². The average molecular weight is 291 g/mol. The number of nitrogens with zero attached hydrogens (tertiary/aromatic N) is 2. The van der Waals surface area contributed by atoms with Gasteiger partial charge in [0.2, 0.25) is 0 Å². The lowest BCUT2D eigenvalue weighted by Crippen LogP contribution is -2.27. The molecule has 1 heterocycles. The van der Waals surface area contributed by atoms with Crippen molar-refractivity contribution in [2.24, 2.45) is 0 Å². The van der Waals surface area contributed by atoms with Crippen molar-refractivity contribution in [1.29, 1.82) is 0 Å². The monoisotopic (exact) mass is 291 g/mol. The molecular formula is C15H18FN3O2. The lowest BCUT2D eigenvalue weighted by molar-refractivity contribution is 0.0940. The van der Waals surface area contributed by atoms with Crippen molar-refractivity contribution in [1.82, 2.24) is 15.1 Å². The van der Waals surface area contributed by atoms with Crippen molar-refractivity contribution in [2.75, 3.05) is 6.54 Å². The SMILES string of the molecule is Cc1cc(C(=O)NCCC(C)O)nn1-c1cccc(F)c1. The zero-order chi connectivity index (χ0) is 15.4. The Morgan fingerprint density at radius 3 is 2.90 bits per heavy atom. The second-order valence-corrected chi connectivity index (χ2v) is 4.96. The lowest BCUT2D eigenvalue weighted by atomic mass is 10.3. The summed E-state index contributed by atoms with van der Waals surface area (Å²) in [6.45, 7) is 3.84. The van der Waals surface area contributed by atoms with Crippen LogP contribution in [0.4, 0.5) is 4.39 Å². The molecule has 1 aromatic carbocycles. The molecule has 0 radical (unpaired) electrons. The van der Waals surface area contributed by atoms with E-state index in [4.69, 9.17) is 5.11 Å². The predicted molar refractivity (Wildman–Crippen MR) is 76.9 cm³/mol. The molecule has 5 nitrogen and oxygen atoms in total. The number of halogens is 1. The summed E-state index contributed by atoms with van der Waals surface area (Å²) in [7, 11) is 0. The third-order valence-corrected chi connectivity index (χ3v) is 3.02. The highest BCUT2D eigenvalue weighted by Crippen LogP contribution is 2.13. The van der Waals surface area contributed by atoms with Crippen LogP contribution in [0.2, 0.25) is 0 Å². The smallest absolute Gasteiger partial charge is 0.271 e. The maximum atomic E-state index is 13.2. The first-order valence-electron chi connectivity index (χ1n) is 6.76. The van der Waals surface area contributed by atoms with Gasteiger partial charge in [-0.05, 0) is 44.5 Å². The quantitative estimate of drug-likeness (QED) is 0.883. The van der Waals surface area contributed by atoms with Gasteiger partial charge in [-0.25, -0.2) is 9.07 Å². The van der Waals surface area contributed by atoms with Gasteiger partial charge in [-0.15, -0.1) is 0 Å². The second-order valence-electron chi connectivity index (χ2n) is 4.96. The van der Waals surface area contributed by atoms with Gasteiger partial charge in [-0.3, -0.25) is 4.79 Å². The van der Waals surface area contributed by atoms with E-state index in [9.17, 15) is 9.18 Å². The fourth-order valence-corrected chi connectivity index (χ4v) is 1.94. The van der Waals surface area contributed by atoms with Gasteiger partial charge in [0, 0.05) is 12.2 Å². The molecule has 2 rings (SSSR count). The summed E-state index contributed by atoms with van der Waals surface area (Å²) in [5.41, 5.74) is 1.57. The fraction of sp³-hybridized carbons (Fsp3) is 0.333. The molecule has 1 aromatic heterocycles. The minimum absolute atomic E-state index is 0.266. The number of aryl methyl sites for hydroxylation is 1. The van der Waals surface area contributed by atoms with Crippen molar-refractivity contribution in [3.63, 3.8) is 0 Å². The van der Waals surface area contributed by atoms with Gasteiger partial charge in [0.15, 0.2) is 5.69 Å². The number of aromatic nitrogens is 2. The molecule has 6 heteroatoms. The first kappa shape index (κ1) is 15.2. The molecule has 1 amide bonds. The number of amides is 1. The standard InChI is InChI=1S/C15H18FN3O2/c1-10-8-14(15(21)17-7-6-11(2)20)18-19(10)13-5-3-4-12(16)9-13/h3-5,8-9,11,20H,6-7H2,1-2H3,(H,17,21). The number of hydrogen-bond acceptors (Lipinski definition) is 3. The van der Waals surface area contributed by atoms with E-state index in [0.29, 0.717) is 18.7 Å². The highest BCUT2D eigenvalue weighted by molar-refractivity contribution is 5.92. The van der Waals surface area contributed by atoms with Crippen molar-refractivity contribution in [3.8, 4) is 5.69 Å². The van der Waals surface area contributed by atoms with Crippen LogP contribution in [-0.4, -0.2) is 33.4 Å². The Labute approximate surface area is 122 Å². The summed E-state index contributed by atoms with van der Waals surface area (Å²) in [6, 6.07) is 7.66. The molecular weight excluding hydrogens is 273 g/mol. The van der Waals surface area contributed by atoms with Crippen LogP contribution in [0.3, 0.4) is 0 Å². The number of aliphatic hydroxyl groups is 1. The Kier molecular flexibility index (Phi) is 4.70. The third-order valence-electron chi connectivity index (χ3n) is 3.02.